The van der Waals surface area contributed by atoms with Crippen molar-refractivity contribution >= 4 is 16.7 Å². The minimum absolute atomic E-state index is 0.523. The second-order valence-electron chi connectivity index (χ2n) is 3.94. The van der Waals surface area contributed by atoms with E-state index < -0.39 is 0 Å². The van der Waals surface area contributed by atoms with Gasteiger partial charge in [-0.15, -0.1) is 0 Å². The Bertz CT molecular complexity index is 446. The lowest BCUT2D eigenvalue weighted by Gasteiger charge is -2.02. The summed E-state index contributed by atoms with van der Waals surface area (Å²) in [6, 6.07) is 11.0. The first-order valence-corrected chi connectivity index (χ1v) is 4.98. The van der Waals surface area contributed by atoms with Crippen molar-refractivity contribution in [1.29, 1.82) is 0 Å². The Kier molecular flexibility index (Phi) is 1.51. The van der Waals surface area contributed by atoms with E-state index in [1.165, 1.54) is 10.9 Å². The number of nitrogens with one attached hydrogen (secondary N) is 1. The van der Waals surface area contributed by atoms with E-state index in [9.17, 15) is 0 Å². The fourth-order valence-corrected chi connectivity index (χ4v) is 2.05. The molecule has 1 atom stereocenters. The van der Waals surface area contributed by atoms with E-state index >= 15 is 0 Å². The minimum Gasteiger partial charge on any atom is -0.367 e. The van der Waals surface area contributed by atoms with Crippen molar-refractivity contribution < 1.29 is 0 Å². The predicted octanol–water partition coefficient (Wildman–Crippen LogP) is 2.59. The summed E-state index contributed by atoms with van der Waals surface area (Å²) < 4.78 is 0. The molecule has 2 aromatic rings. The third-order valence-corrected chi connectivity index (χ3v) is 2.71. The van der Waals surface area contributed by atoms with Gasteiger partial charge in [-0.1, -0.05) is 18.2 Å². The number of pyridine rings is 1. The molecule has 3 rings (SSSR count). The number of para-hydroxylation sites is 1. The first kappa shape index (κ1) is 7.80. The van der Waals surface area contributed by atoms with Crippen LogP contribution in [0.15, 0.2) is 30.3 Å². The molecule has 14 heavy (non-hydrogen) atoms. The molecule has 2 heterocycles. The zero-order valence-electron chi connectivity index (χ0n) is 8.12. The summed E-state index contributed by atoms with van der Waals surface area (Å²) in [5, 5.41) is 4.62. The smallest absolute Gasteiger partial charge is 0.130 e. The highest BCUT2D eigenvalue weighted by molar-refractivity contribution is 5.82. The van der Waals surface area contributed by atoms with E-state index in [4.69, 9.17) is 0 Å². The summed E-state index contributed by atoms with van der Waals surface area (Å²) in [6.45, 7) is 2.19. The van der Waals surface area contributed by atoms with Crippen LogP contribution >= 0.6 is 0 Å². The molecule has 2 nitrogen and oxygen atoms in total. The molecule has 0 amide bonds. The third-order valence-electron chi connectivity index (χ3n) is 2.71. The van der Waals surface area contributed by atoms with Gasteiger partial charge in [-0.25, -0.2) is 4.98 Å². The maximum absolute atomic E-state index is 4.60. The van der Waals surface area contributed by atoms with E-state index in [0.29, 0.717) is 6.04 Å². The molecule has 0 fully saturated rings. The lowest BCUT2D eigenvalue weighted by atomic mass is 10.1. The van der Waals surface area contributed by atoms with Crippen LogP contribution in [0.2, 0.25) is 0 Å². The molecular weight excluding hydrogens is 172 g/mol. The molecule has 1 aliphatic heterocycles. The van der Waals surface area contributed by atoms with Crippen molar-refractivity contribution in [3.63, 3.8) is 0 Å². The normalized spacial score (nSPS) is 19.4. The van der Waals surface area contributed by atoms with Gasteiger partial charge in [0.15, 0.2) is 0 Å². The average molecular weight is 184 g/mol. The van der Waals surface area contributed by atoms with Crippen LogP contribution in [-0.4, -0.2) is 11.0 Å². The van der Waals surface area contributed by atoms with Crippen molar-refractivity contribution in [2.45, 2.75) is 19.4 Å². The number of rotatable bonds is 0. The van der Waals surface area contributed by atoms with Crippen molar-refractivity contribution in [2.24, 2.45) is 0 Å². The van der Waals surface area contributed by atoms with Crippen molar-refractivity contribution in [2.75, 3.05) is 5.32 Å². The summed E-state index contributed by atoms with van der Waals surface area (Å²) >= 11 is 0. The Morgan fingerprint density at radius 2 is 2.21 bits per heavy atom. The topological polar surface area (TPSA) is 24.9 Å². The van der Waals surface area contributed by atoms with Gasteiger partial charge in [-0.05, 0) is 31.0 Å². The van der Waals surface area contributed by atoms with Crippen LogP contribution in [0.1, 0.15) is 12.5 Å². The third kappa shape index (κ3) is 1.07. The summed E-state index contributed by atoms with van der Waals surface area (Å²) in [7, 11) is 0. The van der Waals surface area contributed by atoms with Gasteiger partial charge in [0.2, 0.25) is 0 Å². The van der Waals surface area contributed by atoms with Crippen molar-refractivity contribution in [3.05, 3.63) is 35.9 Å². The molecule has 1 unspecified atom stereocenters. The second-order valence-corrected chi connectivity index (χ2v) is 3.94. The number of benzene rings is 1. The van der Waals surface area contributed by atoms with Gasteiger partial charge in [0.1, 0.15) is 5.82 Å². The van der Waals surface area contributed by atoms with E-state index in [0.717, 1.165) is 17.8 Å². The average Bonchev–Trinajstić information content (AvgIpc) is 2.53. The van der Waals surface area contributed by atoms with Gasteiger partial charge < -0.3 is 5.32 Å². The number of anilines is 1. The van der Waals surface area contributed by atoms with Crippen molar-refractivity contribution in [1.82, 2.24) is 4.98 Å². The zero-order valence-corrected chi connectivity index (χ0v) is 8.12. The van der Waals surface area contributed by atoms with Crippen LogP contribution in [0.5, 0.6) is 0 Å². The summed E-state index contributed by atoms with van der Waals surface area (Å²) in [4.78, 5) is 4.60. The molecule has 1 N–H and O–H groups in total. The maximum Gasteiger partial charge on any atom is 0.130 e. The Labute approximate surface area is 83.0 Å². The van der Waals surface area contributed by atoms with Gasteiger partial charge >= 0.3 is 0 Å². The maximum atomic E-state index is 4.60. The SMILES string of the molecule is CC1Cc2cc3ccccc3nc2N1. The fourth-order valence-electron chi connectivity index (χ4n) is 2.05. The van der Waals surface area contributed by atoms with Gasteiger partial charge in [0, 0.05) is 11.4 Å². The molecule has 1 aliphatic rings. The number of nitrogens with zero attached hydrogens (tertiary/aromatic N) is 1. The quantitative estimate of drug-likeness (QED) is 0.680. The molecule has 1 aromatic heterocycles. The van der Waals surface area contributed by atoms with Gasteiger partial charge in [-0.2, -0.15) is 0 Å². The highest BCUT2D eigenvalue weighted by Gasteiger charge is 2.17. The summed E-state index contributed by atoms with van der Waals surface area (Å²) in [5.41, 5.74) is 2.42. The van der Waals surface area contributed by atoms with E-state index in [2.05, 4.69) is 41.5 Å². The second kappa shape index (κ2) is 2.71. The number of aromatic nitrogens is 1. The van der Waals surface area contributed by atoms with Crippen molar-refractivity contribution in [3.8, 4) is 0 Å². The Hall–Kier alpha value is -1.57. The first-order valence-electron chi connectivity index (χ1n) is 4.98. The van der Waals surface area contributed by atoms with Crippen LogP contribution < -0.4 is 5.32 Å². The molecule has 0 radical (unpaired) electrons. The number of hydrogen-bond acceptors (Lipinski definition) is 2. The molecule has 0 saturated heterocycles. The van der Waals surface area contributed by atoms with E-state index in [1.807, 2.05) is 6.07 Å². The van der Waals surface area contributed by atoms with Gasteiger partial charge in [-0.3, -0.25) is 0 Å². The van der Waals surface area contributed by atoms with Crippen LogP contribution in [0.25, 0.3) is 10.9 Å². The monoisotopic (exact) mass is 184 g/mol. The summed E-state index contributed by atoms with van der Waals surface area (Å²) in [6.07, 6.45) is 1.09. The van der Waals surface area contributed by atoms with E-state index in [1.54, 1.807) is 0 Å². The molecule has 0 aliphatic carbocycles. The fraction of sp³-hybridized carbons (Fsp3) is 0.250. The Morgan fingerprint density at radius 1 is 1.36 bits per heavy atom. The highest BCUT2D eigenvalue weighted by Crippen LogP contribution is 2.27. The lowest BCUT2D eigenvalue weighted by molar-refractivity contribution is 0.839. The molecule has 1 aromatic carbocycles. The molecular formula is C12H12N2. The number of fused-ring (bicyclic) bond motifs is 2. The predicted molar refractivity (Wildman–Crippen MR) is 58.5 cm³/mol. The van der Waals surface area contributed by atoms with E-state index in [-0.39, 0.29) is 0 Å². The van der Waals surface area contributed by atoms with Gasteiger partial charge in [0.05, 0.1) is 5.52 Å². The standard InChI is InChI=1S/C12H12N2/c1-8-6-10-7-9-4-2-3-5-11(9)14-12(10)13-8/h2-5,7-8H,6H2,1H3,(H,13,14). The Balaban J connectivity index is 2.27. The minimum atomic E-state index is 0.523. The molecule has 0 spiro atoms. The zero-order chi connectivity index (χ0) is 9.54. The summed E-state index contributed by atoms with van der Waals surface area (Å²) in [5.74, 6) is 1.07. The first-order chi connectivity index (χ1) is 6.83. The van der Waals surface area contributed by atoms with Crippen LogP contribution in [0.4, 0.5) is 5.82 Å². The molecule has 2 heteroatoms. The highest BCUT2D eigenvalue weighted by atomic mass is 15.0. The molecule has 70 valence electrons. The van der Waals surface area contributed by atoms with Crippen LogP contribution in [0.3, 0.4) is 0 Å². The van der Waals surface area contributed by atoms with Crippen LogP contribution in [-0.2, 0) is 6.42 Å². The Morgan fingerprint density at radius 3 is 3.14 bits per heavy atom. The molecule has 0 saturated carbocycles. The largest absolute Gasteiger partial charge is 0.367 e. The lowest BCUT2D eigenvalue weighted by Crippen LogP contribution is -2.08. The number of hydrogen-bond donors (Lipinski definition) is 1. The molecule has 0 bridgehead atoms. The van der Waals surface area contributed by atoms with Gasteiger partial charge in [0.25, 0.3) is 0 Å². The van der Waals surface area contributed by atoms with Crippen LogP contribution in [0, 0.1) is 0 Å².